The van der Waals surface area contributed by atoms with E-state index in [-0.39, 0.29) is 11.3 Å². The van der Waals surface area contributed by atoms with Crippen LogP contribution in [0.3, 0.4) is 0 Å². The Balaban J connectivity index is 2.60. The third-order valence-electron chi connectivity index (χ3n) is 3.53. The number of rotatable bonds is 1. The first-order chi connectivity index (χ1) is 10.6. The highest BCUT2D eigenvalue weighted by atomic mass is 19.2. The molecule has 0 aliphatic heterocycles. The number of para-hydroxylation sites is 1. The van der Waals surface area contributed by atoms with E-state index in [0.717, 1.165) is 6.08 Å². The second-order valence-corrected chi connectivity index (χ2v) is 6.25. The van der Waals surface area contributed by atoms with Gasteiger partial charge in [-0.2, -0.15) is 0 Å². The molecule has 0 aromatic heterocycles. The Morgan fingerprint density at radius 3 is 2.17 bits per heavy atom. The molecule has 124 valence electrons. The second kappa shape index (κ2) is 5.83. The van der Waals surface area contributed by atoms with Crippen molar-refractivity contribution in [2.24, 2.45) is 0 Å². The van der Waals surface area contributed by atoms with Gasteiger partial charge >= 0.3 is 0 Å². The maximum Gasteiger partial charge on any atom is 0.197 e. The van der Waals surface area contributed by atoms with Crippen molar-refractivity contribution >= 4 is 6.08 Å². The van der Waals surface area contributed by atoms with Gasteiger partial charge in [-0.25, -0.2) is 22.0 Å². The lowest BCUT2D eigenvalue weighted by Gasteiger charge is -2.22. The van der Waals surface area contributed by atoms with Crippen LogP contribution < -0.4 is 0 Å². The molecule has 6 heteroatoms. The van der Waals surface area contributed by atoms with Gasteiger partial charge < -0.3 is 5.11 Å². The van der Waals surface area contributed by atoms with Crippen molar-refractivity contribution in [2.75, 3.05) is 0 Å². The molecule has 1 aromatic carbocycles. The molecule has 1 aromatic rings. The SMILES string of the molecule is CC(C)(C)c1cccc(C=C2C(F)=C(F)C(F)=C(F)C2F)c1O. The number of benzene rings is 1. The number of hydrogen-bond acceptors (Lipinski definition) is 1. The molecule has 23 heavy (non-hydrogen) atoms. The van der Waals surface area contributed by atoms with Crippen molar-refractivity contribution in [1.29, 1.82) is 0 Å². The largest absolute Gasteiger partial charge is 0.507 e. The van der Waals surface area contributed by atoms with Crippen LogP contribution in [0.25, 0.3) is 6.08 Å². The first-order valence-electron chi connectivity index (χ1n) is 6.85. The van der Waals surface area contributed by atoms with E-state index >= 15 is 0 Å². The molecule has 1 aliphatic rings. The van der Waals surface area contributed by atoms with Gasteiger partial charge in [-0.15, -0.1) is 0 Å². The van der Waals surface area contributed by atoms with Gasteiger partial charge in [0.25, 0.3) is 0 Å². The van der Waals surface area contributed by atoms with Gasteiger partial charge in [0.1, 0.15) is 5.75 Å². The minimum atomic E-state index is -2.77. The molecule has 0 saturated heterocycles. The molecule has 2 rings (SSSR count). The molecule has 0 radical (unpaired) electrons. The van der Waals surface area contributed by atoms with E-state index in [9.17, 15) is 27.1 Å². The zero-order chi connectivity index (χ0) is 17.5. The van der Waals surface area contributed by atoms with Crippen molar-refractivity contribution in [1.82, 2.24) is 0 Å². The number of allylic oxidation sites excluding steroid dienone is 5. The Morgan fingerprint density at radius 1 is 1.00 bits per heavy atom. The van der Waals surface area contributed by atoms with Gasteiger partial charge in [-0.05, 0) is 17.1 Å². The second-order valence-electron chi connectivity index (χ2n) is 6.25. The lowest BCUT2D eigenvalue weighted by molar-refractivity contribution is 0.323. The van der Waals surface area contributed by atoms with Crippen molar-refractivity contribution in [3.05, 3.63) is 58.2 Å². The topological polar surface area (TPSA) is 20.2 Å². The standard InChI is InChI=1S/C17H15F5O/c1-17(2,3)10-6-4-5-8(16(10)23)7-9-11(18)13(20)15(22)14(21)12(9)19/h4-7,11,23H,1-3H3. The molecule has 0 bridgehead atoms. The predicted octanol–water partition coefficient (Wildman–Crippen LogP) is 5.73. The van der Waals surface area contributed by atoms with Gasteiger partial charge in [0.05, 0.1) is 0 Å². The molecule has 0 saturated carbocycles. The van der Waals surface area contributed by atoms with Gasteiger partial charge in [0, 0.05) is 11.1 Å². The van der Waals surface area contributed by atoms with Gasteiger partial charge in [0.15, 0.2) is 29.5 Å². The highest BCUT2D eigenvalue weighted by Gasteiger charge is 2.36. The summed E-state index contributed by atoms with van der Waals surface area (Å²) in [6.07, 6.45) is -2.00. The van der Waals surface area contributed by atoms with Crippen LogP contribution in [0.4, 0.5) is 22.0 Å². The van der Waals surface area contributed by atoms with Crippen LogP contribution in [0, 0.1) is 0 Å². The van der Waals surface area contributed by atoms with Crippen molar-refractivity contribution in [3.63, 3.8) is 0 Å². The molecule has 1 nitrogen and oxygen atoms in total. The summed E-state index contributed by atoms with van der Waals surface area (Å²) in [6, 6.07) is 4.49. The summed E-state index contributed by atoms with van der Waals surface area (Å²) in [5.74, 6) is -8.38. The fraction of sp³-hybridized carbons (Fsp3) is 0.294. The predicted molar refractivity (Wildman–Crippen MR) is 78.2 cm³/mol. The Hall–Kier alpha value is -2.11. The molecule has 0 amide bonds. The Morgan fingerprint density at radius 2 is 1.61 bits per heavy atom. The lowest BCUT2D eigenvalue weighted by atomic mass is 9.85. The van der Waals surface area contributed by atoms with Crippen LogP contribution >= 0.6 is 0 Å². The van der Waals surface area contributed by atoms with E-state index in [2.05, 4.69) is 0 Å². The molecular formula is C17H15F5O. The fourth-order valence-corrected chi connectivity index (χ4v) is 2.27. The summed E-state index contributed by atoms with van der Waals surface area (Å²) in [7, 11) is 0. The van der Waals surface area contributed by atoms with Crippen molar-refractivity contribution in [3.8, 4) is 5.75 Å². The highest BCUT2D eigenvalue weighted by molar-refractivity contribution is 5.68. The average Bonchev–Trinajstić information content (AvgIpc) is 2.48. The smallest absolute Gasteiger partial charge is 0.197 e. The third kappa shape index (κ3) is 3.02. The Labute approximate surface area is 130 Å². The van der Waals surface area contributed by atoms with Crippen LogP contribution in [0.1, 0.15) is 31.9 Å². The Kier molecular flexibility index (Phi) is 4.37. The summed E-state index contributed by atoms with van der Waals surface area (Å²) in [5, 5.41) is 10.2. The van der Waals surface area contributed by atoms with E-state index in [1.54, 1.807) is 6.07 Å². The van der Waals surface area contributed by atoms with E-state index in [4.69, 9.17) is 0 Å². The number of halogens is 5. The zero-order valence-corrected chi connectivity index (χ0v) is 12.7. The highest BCUT2D eigenvalue weighted by Crippen LogP contribution is 2.41. The minimum absolute atomic E-state index is 0.0202. The maximum absolute atomic E-state index is 13.8. The first kappa shape index (κ1) is 17.2. The molecule has 0 fully saturated rings. The van der Waals surface area contributed by atoms with E-state index < -0.39 is 40.5 Å². The van der Waals surface area contributed by atoms with E-state index in [1.165, 1.54) is 12.1 Å². The van der Waals surface area contributed by atoms with Crippen LogP contribution in [0.2, 0.25) is 0 Å². The van der Waals surface area contributed by atoms with Crippen LogP contribution in [0.15, 0.2) is 47.1 Å². The molecule has 1 atom stereocenters. The third-order valence-corrected chi connectivity index (χ3v) is 3.53. The summed E-state index contributed by atoms with van der Waals surface area (Å²) in [4.78, 5) is 0. The van der Waals surface area contributed by atoms with Crippen LogP contribution in [-0.4, -0.2) is 11.3 Å². The molecule has 0 heterocycles. The number of phenols is 1. The quantitative estimate of drug-likeness (QED) is 0.652. The van der Waals surface area contributed by atoms with E-state index in [0.29, 0.717) is 5.56 Å². The number of phenolic OH excluding ortho intramolecular Hbond substituents is 1. The molecular weight excluding hydrogens is 315 g/mol. The number of aromatic hydroxyl groups is 1. The van der Waals surface area contributed by atoms with Crippen LogP contribution in [-0.2, 0) is 5.41 Å². The summed E-state index contributed by atoms with van der Waals surface area (Å²) < 4.78 is 67.1. The van der Waals surface area contributed by atoms with Gasteiger partial charge in [-0.3, -0.25) is 0 Å². The monoisotopic (exact) mass is 330 g/mol. The molecule has 0 spiro atoms. The van der Waals surface area contributed by atoms with Gasteiger partial charge in [0.2, 0.25) is 0 Å². The molecule has 1 N–H and O–H groups in total. The summed E-state index contributed by atoms with van der Waals surface area (Å²) >= 11 is 0. The average molecular weight is 330 g/mol. The first-order valence-corrected chi connectivity index (χ1v) is 6.85. The Bertz CT molecular complexity index is 738. The van der Waals surface area contributed by atoms with Crippen molar-refractivity contribution in [2.45, 2.75) is 32.4 Å². The fourth-order valence-electron chi connectivity index (χ4n) is 2.27. The summed E-state index contributed by atoms with van der Waals surface area (Å²) in [5.41, 5.74) is -1.00. The molecule has 1 unspecified atom stereocenters. The van der Waals surface area contributed by atoms with E-state index in [1.807, 2.05) is 20.8 Å². The van der Waals surface area contributed by atoms with Crippen molar-refractivity contribution < 1.29 is 27.1 Å². The zero-order valence-electron chi connectivity index (χ0n) is 12.7. The normalized spacial score (nSPS) is 21.4. The maximum atomic E-state index is 13.8. The summed E-state index contributed by atoms with van der Waals surface area (Å²) in [6.45, 7) is 5.44. The number of hydrogen-bond donors (Lipinski definition) is 1. The minimum Gasteiger partial charge on any atom is -0.507 e. The number of alkyl halides is 1. The van der Waals surface area contributed by atoms with Crippen LogP contribution in [0.5, 0.6) is 5.75 Å². The van der Waals surface area contributed by atoms with Gasteiger partial charge in [-0.1, -0.05) is 39.0 Å². The lowest BCUT2D eigenvalue weighted by Crippen LogP contribution is -2.14. The molecule has 1 aliphatic carbocycles.